The van der Waals surface area contributed by atoms with Crippen molar-refractivity contribution in [2.24, 2.45) is 10.2 Å². The highest BCUT2D eigenvalue weighted by Gasteiger charge is 2.13. The molecule has 0 aliphatic heterocycles. The number of carboxylic acids is 2. The maximum atomic E-state index is 11.9. The molecule has 30 heavy (non-hydrogen) atoms. The van der Waals surface area contributed by atoms with Gasteiger partial charge in [0.2, 0.25) is 5.91 Å². The topological polar surface area (TPSA) is 178 Å². The number of hydrogen-bond acceptors (Lipinski definition) is 7. The van der Waals surface area contributed by atoms with Gasteiger partial charge in [-0.25, -0.2) is 0 Å². The summed E-state index contributed by atoms with van der Waals surface area (Å²) in [4.78, 5) is 44.5. The van der Waals surface area contributed by atoms with Gasteiger partial charge in [-0.1, -0.05) is 12.1 Å². The van der Waals surface area contributed by atoms with Gasteiger partial charge in [-0.3, -0.25) is 19.2 Å². The lowest BCUT2D eigenvalue weighted by atomic mass is 10.1. The van der Waals surface area contributed by atoms with Crippen molar-refractivity contribution in [3.05, 3.63) is 53.6 Å². The van der Waals surface area contributed by atoms with E-state index in [1.54, 1.807) is 24.3 Å². The average Bonchev–Trinajstić information content (AvgIpc) is 2.71. The monoisotopic (exact) mass is 414 g/mol. The van der Waals surface area contributed by atoms with Crippen LogP contribution >= 0.6 is 0 Å². The van der Waals surface area contributed by atoms with Gasteiger partial charge >= 0.3 is 11.9 Å². The highest BCUT2D eigenvalue weighted by atomic mass is 16.4. The number of phenols is 1. The van der Waals surface area contributed by atoms with E-state index in [-0.39, 0.29) is 23.4 Å². The normalized spacial score (nSPS) is 10.5. The Morgan fingerprint density at radius 1 is 0.800 bits per heavy atom. The molecular formula is C19H18N4O7. The molecule has 5 N–H and O–H groups in total. The first kappa shape index (κ1) is 22.0. The second kappa shape index (κ2) is 10.3. The summed E-state index contributed by atoms with van der Waals surface area (Å²) in [5.41, 5.74) is 1.22. The maximum Gasteiger partial charge on any atom is 0.322 e. The number of azo groups is 1. The fourth-order valence-electron chi connectivity index (χ4n) is 2.24. The van der Waals surface area contributed by atoms with Gasteiger partial charge in [0.05, 0.1) is 23.4 Å². The van der Waals surface area contributed by atoms with Crippen LogP contribution in [0.25, 0.3) is 0 Å². The molecule has 0 atom stereocenters. The van der Waals surface area contributed by atoms with Crippen LogP contribution in [-0.2, 0) is 20.8 Å². The van der Waals surface area contributed by atoms with Gasteiger partial charge in [0, 0.05) is 0 Å². The number of amides is 2. The lowest BCUT2D eigenvalue weighted by Gasteiger charge is -2.05. The zero-order valence-electron chi connectivity index (χ0n) is 15.5. The molecular weight excluding hydrogens is 396 g/mol. The van der Waals surface area contributed by atoms with Crippen LogP contribution in [0.15, 0.2) is 52.7 Å². The largest absolute Gasteiger partial charge is 0.507 e. The lowest BCUT2D eigenvalue weighted by molar-refractivity contribution is -0.138. The molecule has 0 unspecified atom stereocenters. The summed E-state index contributed by atoms with van der Waals surface area (Å²) in [6.45, 7) is -1.04. The summed E-state index contributed by atoms with van der Waals surface area (Å²) >= 11 is 0. The van der Waals surface area contributed by atoms with E-state index in [1.807, 2.05) is 0 Å². The number of rotatable bonds is 9. The SMILES string of the molecule is O=C(O)CNC(=O)Cc1ccc(/N=N/c2ccc(O)c(C(=O)NCC(=O)O)c2)cc1. The number of aliphatic carboxylic acids is 2. The molecule has 2 rings (SSSR count). The standard InChI is InChI=1S/C19H18N4O7/c24-15-6-5-13(8-14(15)19(30)21-10-18(28)29)23-22-12-3-1-11(2-4-12)7-16(25)20-9-17(26)27/h1-6,8,24H,7,9-10H2,(H,20,25)(H,21,30)(H,26,27)(H,28,29)/b23-22+. The van der Waals surface area contributed by atoms with Crippen molar-refractivity contribution >= 4 is 35.1 Å². The maximum absolute atomic E-state index is 11.9. The molecule has 11 nitrogen and oxygen atoms in total. The van der Waals surface area contributed by atoms with Crippen molar-refractivity contribution in [1.29, 1.82) is 0 Å². The molecule has 0 aromatic heterocycles. The third-order valence-electron chi connectivity index (χ3n) is 3.64. The molecule has 156 valence electrons. The first-order chi connectivity index (χ1) is 14.2. The quantitative estimate of drug-likeness (QED) is 0.384. The lowest BCUT2D eigenvalue weighted by Crippen LogP contribution is -2.30. The Kier molecular flexibility index (Phi) is 7.57. The summed E-state index contributed by atoms with van der Waals surface area (Å²) in [6, 6.07) is 10.4. The van der Waals surface area contributed by atoms with Crippen molar-refractivity contribution < 1.29 is 34.5 Å². The second-order valence-corrected chi connectivity index (χ2v) is 5.99. The van der Waals surface area contributed by atoms with Gasteiger partial charge in [0.1, 0.15) is 18.8 Å². The number of carboxylic acid groups (broad SMARTS) is 2. The number of hydrogen-bond donors (Lipinski definition) is 5. The predicted octanol–water partition coefficient (Wildman–Crippen LogP) is 1.37. The smallest absolute Gasteiger partial charge is 0.322 e. The number of carbonyl (C=O) groups is 4. The van der Waals surface area contributed by atoms with Crippen molar-refractivity contribution in [2.75, 3.05) is 13.1 Å². The Hall–Kier alpha value is -4.28. The number of benzene rings is 2. The third-order valence-corrected chi connectivity index (χ3v) is 3.64. The van der Waals surface area contributed by atoms with E-state index in [0.29, 0.717) is 11.3 Å². The summed E-state index contributed by atoms with van der Waals surface area (Å²) in [5, 5.41) is 39.3. The van der Waals surface area contributed by atoms with Gasteiger partial charge in [0.15, 0.2) is 0 Å². The zero-order valence-corrected chi connectivity index (χ0v) is 15.5. The zero-order chi connectivity index (χ0) is 22.1. The van der Waals surface area contributed by atoms with E-state index >= 15 is 0 Å². The molecule has 2 amide bonds. The van der Waals surface area contributed by atoms with Crippen LogP contribution in [0.1, 0.15) is 15.9 Å². The number of aromatic hydroxyl groups is 1. The summed E-state index contributed by atoms with van der Waals surface area (Å²) in [6.07, 6.45) is 0.0114. The van der Waals surface area contributed by atoms with Gasteiger partial charge in [-0.05, 0) is 35.9 Å². The van der Waals surface area contributed by atoms with Crippen LogP contribution in [0.2, 0.25) is 0 Å². The van der Waals surface area contributed by atoms with E-state index in [0.717, 1.165) is 0 Å². The van der Waals surface area contributed by atoms with Gasteiger partial charge < -0.3 is 26.0 Å². The Morgan fingerprint density at radius 2 is 1.37 bits per heavy atom. The molecule has 0 saturated carbocycles. The molecule has 0 saturated heterocycles. The summed E-state index contributed by atoms with van der Waals surface area (Å²) < 4.78 is 0. The van der Waals surface area contributed by atoms with Crippen LogP contribution < -0.4 is 10.6 Å². The fourth-order valence-corrected chi connectivity index (χ4v) is 2.24. The third kappa shape index (κ3) is 7.03. The number of phenolic OH excluding ortho intramolecular Hbond substituents is 1. The Balaban J connectivity index is 2.02. The highest BCUT2D eigenvalue weighted by molar-refractivity contribution is 5.98. The van der Waals surface area contributed by atoms with E-state index < -0.39 is 36.8 Å². The van der Waals surface area contributed by atoms with Crippen molar-refractivity contribution in [2.45, 2.75) is 6.42 Å². The summed E-state index contributed by atoms with van der Waals surface area (Å²) in [5.74, 6) is -3.87. The van der Waals surface area contributed by atoms with Crippen molar-refractivity contribution in [1.82, 2.24) is 10.6 Å². The van der Waals surface area contributed by atoms with Crippen molar-refractivity contribution in [3.8, 4) is 5.75 Å². The molecule has 0 heterocycles. The molecule has 11 heteroatoms. The molecule has 2 aromatic carbocycles. The summed E-state index contributed by atoms with van der Waals surface area (Å²) in [7, 11) is 0. The molecule has 0 radical (unpaired) electrons. The van der Waals surface area contributed by atoms with E-state index in [2.05, 4.69) is 20.9 Å². The van der Waals surface area contributed by atoms with E-state index in [4.69, 9.17) is 10.2 Å². The minimum Gasteiger partial charge on any atom is -0.507 e. The van der Waals surface area contributed by atoms with Crippen LogP contribution in [0.4, 0.5) is 11.4 Å². The predicted molar refractivity (Wildman–Crippen MR) is 103 cm³/mol. The van der Waals surface area contributed by atoms with E-state index in [9.17, 15) is 24.3 Å². The van der Waals surface area contributed by atoms with Crippen molar-refractivity contribution in [3.63, 3.8) is 0 Å². The van der Waals surface area contributed by atoms with Crippen LogP contribution in [0, 0.1) is 0 Å². The van der Waals surface area contributed by atoms with Gasteiger partial charge in [-0.2, -0.15) is 10.2 Å². The van der Waals surface area contributed by atoms with Gasteiger partial charge in [0.25, 0.3) is 5.91 Å². The number of carbonyl (C=O) groups excluding carboxylic acids is 2. The minimum absolute atomic E-state index is 0.0114. The van der Waals surface area contributed by atoms with Crippen LogP contribution in [-0.4, -0.2) is 52.2 Å². The molecule has 0 bridgehead atoms. The molecule has 0 fully saturated rings. The first-order valence-corrected chi connectivity index (χ1v) is 8.57. The molecule has 0 aliphatic rings. The fraction of sp³-hybridized carbons (Fsp3) is 0.158. The first-order valence-electron chi connectivity index (χ1n) is 8.57. The minimum atomic E-state index is -1.22. The van der Waals surface area contributed by atoms with Crippen LogP contribution in [0.3, 0.4) is 0 Å². The Labute approximate surface area is 170 Å². The molecule has 0 aliphatic carbocycles. The van der Waals surface area contributed by atoms with Crippen LogP contribution in [0.5, 0.6) is 5.75 Å². The number of nitrogens with zero attached hydrogens (tertiary/aromatic N) is 2. The molecule has 0 spiro atoms. The Bertz CT molecular complexity index is 987. The van der Waals surface area contributed by atoms with E-state index in [1.165, 1.54) is 18.2 Å². The number of nitrogens with one attached hydrogen (secondary N) is 2. The average molecular weight is 414 g/mol. The molecule has 2 aromatic rings. The Morgan fingerprint density at radius 3 is 2.00 bits per heavy atom. The second-order valence-electron chi connectivity index (χ2n) is 5.99. The van der Waals surface area contributed by atoms with Gasteiger partial charge in [-0.15, -0.1) is 0 Å². The highest BCUT2D eigenvalue weighted by Crippen LogP contribution is 2.25.